The highest BCUT2D eigenvalue weighted by molar-refractivity contribution is 6.09. The third-order valence-corrected chi connectivity index (χ3v) is 6.85. The largest absolute Gasteiger partial charge is 0.449 e. The van der Waals surface area contributed by atoms with Gasteiger partial charge in [0.1, 0.15) is 6.61 Å². The Morgan fingerprint density at radius 1 is 0.750 bits per heavy atom. The highest BCUT2D eigenvalue weighted by Crippen LogP contribution is 2.44. The highest BCUT2D eigenvalue weighted by Gasteiger charge is 2.28. The summed E-state index contributed by atoms with van der Waals surface area (Å²) in [5, 5.41) is 7.61. The Hall–Kier alpha value is -4.55. The maximum Gasteiger partial charge on any atom is 0.407 e. The van der Waals surface area contributed by atoms with Crippen LogP contribution in [-0.2, 0) is 4.74 Å². The summed E-state index contributed by atoms with van der Waals surface area (Å²) in [6.07, 6.45) is 0.139. The molecule has 0 radical (unpaired) electrons. The topological polar surface area (TPSA) is 38.3 Å². The Labute approximate surface area is 210 Å². The second kappa shape index (κ2) is 9.60. The van der Waals surface area contributed by atoms with Crippen molar-refractivity contribution in [2.75, 3.05) is 13.2 Å². The minimum atomic E-state index is -0.408. The lowest BCUT2D eigenvalue weighted by molar-refractivity contribution is 0.143. The van der Waals surface area contributed by atoms with Crippen molar-refractivity contribution < 1.29 is 9.53 Å². The van der Waals surface area contributed by atoms with Crippen LogP contribution >= 0.6 is 0 Å². The lowest BCUT2D eigenvalue weighted by atomic mass is 9.97. The molecule has 5 aromatic carbocycles. The van der Waals surface area contributed by atoms with Crippen LogP contribution in [0.5, 0.6) is 0 Å². The van der Waals surface area contributed by atoms with E-state index in [1.165, 1.54) is 38.4 Å². The van der Waals surface area contributed by atoms with Gasteiger partial charge in [0.15, 0.2) is 0 Å². The Morgan fingerprint density at radius 2 is 1.36 bits per heavy atom. The molecule has 0 heterocycles. The second-order valence-corrected chi connectivity index (χ2v) is 8.99. The van der Waals surface area contributed by atoms with Crippen molar-refractivity contribution in [1.29, 1.82) is 0 Å². The molecule has 5 aromatic rings. The van der Waals surface area contributed by atoms with E-state index in [9.17, 15) is 4.79 Å². The van der Waals surface area contributed by atoms with Crippen molar-refractivity contribution in [2.24, 2.45) is 0 Å². The third-order valence-electron chi connectivity index (χ3n) is 6.85. The van der Waals surface area contributed by atoms with Gasteiger partial charge in [-0.2, -0.15) is 0 Å². The van der Waals surface area contributed by atoms with Gasteiger partial charge in [0.2, 0.25) is 0 Å². The summed E-state index contributed by atoms with van der Waals surface area (Å²) in [6.45, 7) is 0.754. The van der Waals surface area contributed by atoms with Crippen molar-refractivity contribution >= 4 is 27.6 Å². The van der Waals surface area contributed by atoms with Gasteiger partial charge in [-0.1, -0.05) is 109 Å². The molecule has 1 amide bonds. The van der Waals surface area contributed by atoms with Crippen LogP contribution in [0.1, 0.15) is 29.0 Å². The van der Waals surface area contributed by atoms with Gasteiger partial charge < -0.3 is 10.1 Å². The number of rotatable bonds is 4. The first-order chi connectivity index (χ1) is 17.8. The molecule has 0 aliphatic heterocycles. The Bertz CT molecular complexity index is 1610. The van der Waals surface area contributed by atoms with Crippen LogP contribution in [0.2, 0.25) is 0 Å². The van der Waals surface area contributed by atoms with Crippen LogP contribution in [-0.4, -0.2) is 19.2 Å². The van der Waals surface area contributed by atoms with Gasteiger partial charge >= 0.3 is 6.09 Å². The van der Waals surface area contributed by atoms with Gasteiger partial charge in [0, 0.05) is 24.4 Å². The highest BCUT2D eigenvalue weighted by atomic mass is 16.5. The molecule has 1 aliphatic rings. The summed E-state index contributed by atoms with van der Waals surface area (Å²) >= 11 is 0. The lowest BCUT2D eigenvalue weighted by Crippen LogP contribution is -2.26. The minimum absolute atomic E-state index is 0.0594. The molecule has 0 bridgehead atoms. The van der Waals surface area contributed by atoms with Crippen LogP contribution in [0.3, 0.4) is 0 Å². The molecule has 0 spiro atoms. The number of hydrogen-bond acceptors (Lipinski definition) is 2. The number of hydrogen-bond donors (Lipinski definition) is 1. The molecule has 6 rings (SSSR count). The molecular weight excluding hydrogens is 442 g/mol. The fourth-order valence-electron chi connectivity index (χ4n) is 5.19. The Balaban J connectivity index is 1.08. The number of carbonyl (C=O) groups is 1. The zero-order chi connectivity index (χ0) is 24.3. The van der Waals surface area contributed by atoms with Crippen molar-refractivity contribution in [2.45, 2.75) is 12.3 Å². The summed E-state index contributed by atoms with van der Waals surface area (Å²) in [5.74, 6) is 6.59. The van der Waals surface area contributed by atoms with E-state index in [1.54, 1.807) is 0 Å². The van der Waals surface area contributed by atoms with E-state index in [-0.39, 0.29) is 5.92 Å². The van der Waals surface area contributed by atoms with Gasteiger partial charge in [-0.05, 0) is 49.9 Å². The van der Waals surface area contributed by atoms with Gasteiger partial charge in [0.05, 0.1) is 0 Å². The first kappa shape index (κ1) is 21.9. The van der Waals surface area contributed by atoms with Crippen molar-refractivity contribution in [3.63, 3.8) is 0 Å². The van der Waals surface area contributed by atoms with Crippen LogP contribution in [0, 0.1) is 11.8 Å². The van der Waals surface area contributed by atoms with Crippen molar-refractivity contribution in [3.8, 4) is 23.0 Å². The summed E-state index contributed by atoms with van der Waals surface area (Å²) < 4.78 is 5.61. The normalized spacial score (nSPS) is 12.0. The Kier molecular flexibility index (Phi) is 5.85. The molecule has 0 aromatic heterocycles. The second-order valence-electron chi connectivity index (χ2n) is 8.99. The van der Waals surface area contributed by atoms with E-state index >= 15 is 0 Å². The van der Waals surface area contributed by atoms with Crippen LogP contribution in [0.4, 0.5) is 4.79 Å². The maximum atomic E-state index is 12.4. The number of amides is 1. The van der Waals surface area contributed by atoms with Gasteiger partial charge in [0.25, 0.3) is 0 Å². The van der Waals surface area contributed by atoms with E-state index < -0.39 is 6.09 Å². The molecule has 3 heteroatoms. The molecule has 36 heavy (non-hydrogen) atoms. The van der Waals surface area contributed by atoms with Crippen molar-refractivity contribution in [3.05, 3.63) is 120 Å². The Morgan fingerprint density at radius 3 is 2.11 bits per heavy atom. The lowest BCUT2D eigenvalue weighted by Gasteiger charge is -2.14. The number of fused-ring (bicyclic) bond motifs is 6. The average molecular weight is 468 g/mol. The fraction of sp³-hybridized carbons (Fsp3) is 0.121. The fourth-order valence-corrected chi connectivity index (χ4v) is 5.19. The average Bonchev–Trinajstić information content (AvgIpc) is 3.25. The number of nitrogens with one attached hydrogen (secondary N) is 1. The van der Waals surface area contributed by atoms with Crippen LogP contribution in [0.25, 0.3) is 32.7 Å². The molecule has 0 unspecified atom stereocenters. The quantitative estimate of drug-likeness (QED) is 0.171. The molecule has 3 nitrogen and oxygen atoms in total. The molecule has 1 aliphatic carbocycles. The standard InChI is InChI=1S/C33H25NO2/c35-33(36-22-32-30-18-7-5-16-28(30)29-17-6-8-19-31(29)32)34-20-10-9-12-24-21-23-11-1-2-13-25(23)27-15-4-3-14-26(24)27/h1-8,11,13-19,21,32H,10,20,22H2,(H,34,35). The first-order valence-corrected chi connectivity index (χ1v) is 12.3. The number of benzene rings is 5. The van der Waals surface area contributed by atoms with Crippen LogP contribution < -0.4 is 5.32 Å². The summed E-state index contributed by atoms with van der Waals surface area (Å²) in [5.41, 5.74) is 5.86. The molecule has 174 valence electrons. The SMILES string of the molecule is O=C(NCCC#Cc1cc2ccccc2c2ccccc12)OCC1c2ccccc2-c2ccccc21. The van der Waals surface area contributed by atoms with E-state index in [0.717, 1.165) is 10.9 Å². The van der Waals surface area contributed by atoms with E-state index in [4.69, 9.17) is 4.74 Å². The van der Waals surface area contributed by atoms with Crippen LogP contribution in [0.15, 0.2) is 103 Å². The number of ether oxygens (including phenoxy) is 1. The molecule has 0 saturated carbocycles. The summed E-state index contributed by atoms with van der Waals surface area (Å²) in [4.78, 5) is 12.4. The van der Waals surface area contributed by atoms with Crippen molar-refractivity contribution in [1.82, 2.24) is 5.32 Å². The van der Waals surface area contributed by atoms with E-state index in [1.807, 2.05) is 36.4 Å². The van der Waals surface area contributed by atoms with E-state index in [2.05, 4.69) is 83.9 Å². The first-order valence-electron chi connectivity index (χ1n) is 12.3. The molecule has 0 saturated heterocycles. The maximum absolute atomic E-state index is 12.4. The minimum Gasteiger partial charge on any atom is -0.449 e. The van der Waals surface area contributed by atoms with Gasteiger partial charge in [-0.3, -0.25) is 0 Å². The predicted octanol–water partition coefficient (Wildman–Crippen LogP) is 7.27. The van der Waals surface area contributed by atoms with Gasteiger partial charge in [-0.15, -0.1) is 0 Å². The predicted molar refractivity (Wildman–Crippen MR) is 146 cm³/mol. The zero-order valence-electron chi connectivity index (χ0n) is 19.8. The van der Waals surface area contributed by atoms with E-state index in [0.29, 0.717) is 19.6 Å². The molecular formula is C33H25NO2. The number of alkyl carbamates (subject to hydrolysis) is 1. The summed E-state index contributed by atoms with van der Waals surface area (Å²) in [6, 6.07) is 35.5. The zero-order valence-corrected chi connectivity index (χ0v) is 19.8. The molecule has 0 atom stereocenters. The number of carbonyl (C=O) groups excluding carboxylic acids is 1. The third kappa shape index (κ3) is 4.08. The smallest absolute Gasteiger partial charge is 0.407 e. The summed E-state index contributed by atoms with van der Waals surface area (Å²) in [7, 11) is 0. The van der Waals surface area contributed by atoms with Gasteiger partial charge in [-0.25, -0.2) is 4.79 Å². The molecule has 1 N–H and O–H groups in total. The monoisotopic (exact) mass is 467 g/mol. The molecule has 0 fully saturated rings.